The number of amides is 2. The van der Waals surface area contributed by atoms with Crippen molar-refractivity contribution in [2.75, 3.05) is 30.1 Å². The van der Waals surface area contributed by atoms with E-state index in [2.05, 4.69) is 20.8 Å². The van der Waals surface area contributed by atoms with Gasteiger partial charge >= 0.3 is 0 Å². The van der Waals surface area contributed by atoms with Crippen LogP contribution in [0.15, 0.2) is 28.9 Å². The van der Waals surface area contributed by atoms with E-state index in [1.54, 1.807) is 26.1 Å². The Morgan fingerprint density at radius 1 is 1.35 bits per heavy atom. The fraction of sp³-hybridized carbons (Fsp3) is 0.412. The molecule has 0 spiro atoms. The van der Waals surface area contributed by atoms with Gasteiger partial charge in [0.15, 0.2) is 5.82 Å². The molecular weight excluding hydrogens is 354 g/mol. The van der Waals surface area contributed by atoms with Crippen molar-refractivity contribution in [3.63, 3.8) is 0 Å². The van der Waals surface area contributed by atoms with E-state index < -0.39 is 0 Å². The first kappa shape index (κ1) is 19.8. The van der Waals surface area contributed by atoms with Gasteiger partial charge in [-0.3, -0.25) is 9.59 Å². The number of pyridine rings is 1. The van der Waals surface area contributed by atoms with Gasteiger partial charge in [0.05, 0.1) is 11.0 Å². The maximum absolute atomic E-state index is 12.1. The summed E-state index contributed by atoms with van der Waals surface area (Å²) >= 11 is 1.26. The zero-order valence-corrected chi connectivity index (χ0v) is 16.1. The number of hydrogen-bond acceptors (Lipinski definition) is 7. The molecule has 0 radical (unpaired) electrons. The summed E-state index contributed by atoms with van der Waals surface area (Å²) in [5, 5.41) is 8.82. The number of anilines is 2. The van der Waals surface area contributed by atoms with E-state index in [1.807, 2.05) is 31.1 Å². The van der Waals surface area contributed by atoms with Gasteiger partial charge in [0.25, 0.3) is 0 Å². The van der Waals surface area contributed by atoms with Gasteiger partial charge in [-0.1, -0.05) is 5.16 Å². The molecule has 0 saturated carbocycles. The van der Waals surface area contributed by atoms with Crippen molar-refractivity contribution < 1.29 is 14.1 Å². The van der Waals surface area contributed by atoms with Crippen molar-refractivity contribution in [2.24, 2.45) is 0 Å². The zero-order chi connectivity index (χ0) is 19.1. The molecule has 0 saturated heterocycles. The number of aryl methyl sites for hydroxylation is 1. The van der Waals surface area contributed by atoms with E-state index in [0.29, 0.717) is 18.1 Å². The minimum atomic E-state index is -0.390. The lowest BCUT2D eigenvalue weighted by atomic mass is 10.2. The Bertz CT molecular complexity index is 762. The minimum absolute atomic E-state index is 0.129. The topological polar surface area (TPSA) is 100 Å². The maximum atomic E-state index is 12.1. The van der Waals surface area contributed by atoms with E-state index >= 15 is 0 Å². The van der Waals surface area contributed by atoms with Crippen molar-refractivity contribution >= 4 is 35.2 Å². The molecule has 9 heteroatoms. The summed E-state index contributed by atoms with van der Waals surface area (Å²) in [6.45, 7) is 3.91. The van der Waals surface area contributed by atoms with Crippen LogP contribution in [-0.2, 0) is 16.1 Å². The summed E-state index contributed by atoms with van der Waals surface area (Å²) in [6.07, 6.45) is 1.71. The molecule has 1 atom stereocenters. The van der Waals surface area contributed by atoms with E-state index in [4.69, 9.17) is 4.52 Å². The lowest BCUT2D eigenvalue weighted by Gasteiger charge is -2.13. The van der Waals surface area contributed by atoms with Gasteiger partial charge in [0, 0.05) is 32.9 Å². The van der Waals surface area contributed by atoms with Crippen molar-refractivity contribution in [2.45, 2.75) is 25.6 Å². The maximum Gasteiger partial charge on any atom is 0.238 e. The van der Waals surface area contributed by atoms with Gasteiger partial charge in [-0.2, -0.15) is 0 Å². The average Bonchev–Trinajstić information content (AvgIpc) is 3.02. The molecule has 2 aromatic heterocycles. The third-order valence-electron chi connectivity index (χ3n) is 3.47. The molecule has 0 fully saturated rings. The molecule has 8 nitrogen and oxygen atoms in total. The molecule has 0 aromatic carbocycles. The quantitative estimate of drug-likeness (QED) is 0.724. The van der Waals surface area contributed by atoms with Crippen LogP contribution in [0.1, 0.15) is 18.2 Å². The second-order valence-electron chi connectivity index (χ2n) is 5.96. The van der Waals surface area contributed by atoms with Gasteiger partial charge in [0.1, 0.15) is 11.6 Å². The molecule has 140 valence electrons. The van der Waals surface area contributed by atoms with Crippen LogP contribution in [0, 0.1) is 6.92 Å². The fourth-order valence-corrected chi connectivity index (χ4v) is 2.71. The highest BCUT2D eigenvalue weighted by atomic mass is 32.2. The van der Waals surface area contributed by atoms with Crippen molar-refractivity contribution in [3.8, 4) is 0 Å². The summed E-state index contributed by atoms with van der Waals surface area (Å²) in [7, 11) is 3.82. The summed E-state index contributed by atoms with van der Waals surface area (Å²) in [4.78, 5) is 30.2. The molecule has 2 aromatic rings. The minimum Gasteiger partial charge on any atom is -0.363 e. The highest BCUT2D eigenvalue weighted by Gasteiger charge is 2.16. The highest BCUT2D eigenvalue weighted by Crippen LogP contribution is 2.14. The Labute approximate surface area is 156 Å². The number of carbonyl (C=O) groups is 2. The first-order chi connectivity index (χ1) is 12.3. The number of thioether (sulfide) groups is 1. The smallest absolute Gasteiger partial charge is 0.238 e. The predicted molar refractivity (Wildman–Crippen MR) is 102 cm³/mol. The summed E-state index contributed by atoms with van der Waals surface area (Å²) in [5.74, 6) is 1.67. The van der Waals surface area contributed by atoms with Crippen LogP contribution in [-0.4, -0.2) is 47.1 Å². The first-order valence-electron chi connectivity index (χ1n) is 8.10. The number of carbonyl (C=O) groups excluding carboxylic acids is 2. The van der Waals surface area contributed by atoms with Crippen LogP contribution in [0.25, 0.3) is 0 Å². The van der Waals surface area contributed by atoms with Gasteiger partial charge in [-0.15, -0.1) is 11.8 Å². The third-order valence-corrected chi connectivity index (χ3v) is 4.61. The van der Waals surface area contributed by atoms with Crippen LogP contribution in [0.4, 0.5) is 11.6 Å². The Morgan fingerprint density at radius 3 is 2.77 bits per heavy atom. The first-order valence-corrected chi connectivity index (χ1v) is 9.14. The Balaban J connectivity index is 1.74. The summed E-state index contributed by atoms with van der Waals surface area (Å²) in [6, 6.07) is 5.42. The lowest BCUT2D eigenvalue weighted by molar-refractivity contribution is -0.118. The van der Waals surface area contributed by atoms with E-state index in [1.165, 1.54) is 11.8 Å². The van der Waals surface area contributed by atoms with Crippen LogP contribution in [0.3, 0.4) is 0 Å². The molecule has 0 bridgehead atoms. The van der Waals surface area contributed by atoms with Crippen LogP contribution in [0.5, 0.6) is 0 Å². The Kier molecular flexibility index (Phi) is 7.02. The molecular formula is C17H23N5O3S. The van der Waals surface area contributed by atoms with Crippen LogP contribution < -0.4 is 15.5 Å². The van der Waals surface area contributed by atoms with Crippen LogP contribution >= 0.6 is 11.8 Å². The number of aromatic nitrogens is 2. The molecule has 0 aliphatic rings. The van der Waals surface area contributed by atoms with Crippen molar-refractivity contribution in [3.05, 3.63) is 35.7 Å². The van der Waals surface area contributed by atoms with Crippen LogP contribution in [0.2, 0.25) is 0 Å². The Hall–Kier alpha value is -2.55. The Morgan fingerprint density at radius 2 is 2.12 bits per heavy atom. The lowest BCUT2D eigenvalue weighted by Crippen LogP contribution is -2.28. The molecule has 0 aliphatic heterocycles. The zero-order valence-electron chi connectivity index (χ0n) is 15.3. The largest absolute Gasteiger partial charge is 0.363 e. The third kappa shape index (κ3) is 6.07. The molecule has 2 amide bonds. The monoisotopic (exact) mass is 377 g/mol. The predicted octanol–water partition coefficient (Wildman–Crippen LogP) is 1.82. The second kappa shape index (κ2) is 9.23. The standard InChI is InChI=1S/C17H23N5O3S/c1-11-7-14(21-25-11)20-17(24)12(2)26-10-16(23)19-9-13-5-6-18-15(8-13)22(3)4/h5-8,12H,9-10H2,1-4H3,(H,19,23)(H,20,21,24). The van der Waals surface area contributed by atoms with E-state index in [-0.39, 0.29) is 22.8 Å². The molecule has 26 heavy (non-hydrogen) atoms. The molecule has 0 aliphatic carbocycles. The van der Waals surface area contributed by atoms with E-state index in [0.717, 1.165) is 11.4 Å². The number of rotatable bonds is 8. The van der Waals surface area contributed by atoms with Gasteiger partial charge in [-0.05, 0) is 31.5 Å². The number of hydrogen-bond donors (Lipinski definition) is 2. The van der Waals surface area contributed by atoms with Crippen molar-refractivity contribution in [1.82, 2.24) is 15.5 Å². The summed E-state index contributed by atoms with van der Waals surface area (Å²) < 4.78 is 4.90. The summed E-state index contributed by atoms with van der Waals surface area (Å²) in [5.41, 5.74) is 0.967. The number of nitrogens with one attached hydrogen (secondary N) is 2. The van der Waals surface area contributed by atoms with Gasteiger partial charge < -0.3 is 20.1 Å². The molecule has 2 N–H and O–H groups in total. The van der Waals surface area contributed by atoms with Gasteiger partial charge in [0.2, 0.25) is 11.8 Å². The number of nitrogens with zero attached hydrogens (tertiary/aromatic N) is 3. The van der Waals surface area contributed by atoms with Crippen molar-refractivity contribution in [1.29, 1.82) is 0 Å². The van der Waals surface area contributed by atoms with E-state index in [9.17, 15) is 9.59 Å². The highest BCUT2D eigenvalue weighted by molar-refractivity contribution is 8.01. The molecule has 2 heterocycles. The second-order valence-corrected chi connectivity index (χ2v) is 7.29. The van der Waals surface area contributed by atoms with Gasteiger partial charge in [-0.25, -0.2) is 4.98 Å². The molecule has 2 rings (SSSR count). The SMILES string of the molecule is Cc1cc(NC(=O)C(C)SCC(=O)NCc2ccnc(N(C)C)c2)no1. The molecule has 1 unspecified atom stereocenters. The normalized spacial score (nSPS) is 11.7. The fourth-order valence-electron chi connectivity index (χ4n) is 2.00. The average molecular weight is 377 g/mol.